The molecule has 0 spiro atoms. The number of carbonyl (C=O) groups is 1. The molecular weight excluding hydrogens is 403 g/mol. The molecule has 1 amide bonds. The number of anilines is 1. The highest BCUT2D eigenvalue weighted by Crippen LogP contribution is 2.37. The van der Waals surface area contributed by atoms with Gasteiger partial charge in [-0.1, -0.05) is 6.07 Å². The highest BCUT2D eigenvalue weighted by atomic mass is 19.4. The minimum atomic E-state index is -5.03. The second kappa shape index (κ2) is 6.77. The van der Waals surface area contributed by atoms with Gasteiger partial charge < -0.3 is 15.0 Å². The van der Waals surface area contributed by atoms with Gasteiger partial charge in [0.05, 0.1) is 22.3 Å². The van der Waals surface area contributed by atoms with Crippen LogP contribution in [0.3, 0.4) is 0 Å². The summed E-state index contributed by atoms with van der Waals surface area (Å²) < 4.78 is 83.6. The van der Waals surface area contributed by atoms with Crippen LogP contribution in [0.2, 0.25) is 0 Å². The van der Waals surface area contributed by atoms with Crippen LogP contribution in [0.4, 0.5) is 32.0 Å². The Kier molecular flexibility index (Phi) is 4.95. The molecule has 0 radical (unpaired) electrons. The number of amides is 1. The van der Waals surface area contributed by atoms with E-state index in [1.807, 2.05) is 0 Å². The zero-order chi connectivity index (χ0) is 21.8. The topological polar surface area (TPSA) is 58.6 Å². The van der Waals surface area contributed by atoms with Gasteiger partial charge in [-0.05, 0) is 55.2 Å². The van der Waals surface area contributed by atoms with E-state index in [-0.39, 0.29) is 23.9 Å². The van der Waals surface area contributed by atoms with Gasteiger partial charge in [-0.15, -0.1) is 0 Å². The summed E-state index contributed by atoms with van der Waals surface area (Å²) in [7, 11) is -1.31. The smallest absolute Gasteiger partial charge is 0.423 e. The van der Waals surface area contributed by atoms with Gasteiger partial charge in [-0.3, -0.25) is 4.79 Å². The van der Waals surface area contributed by atoms with Gasteiger partial charge in [0, 0.05) is 5.69 Å². The highest BCUT2D eigenvalue weighted by molar-refractivity contribution is 6.62. The van der Waals surface area contributed by atoms with Crippen LogP contribution in [0, 0.1) is 0 Å². The van der Waals surface area contributed by atoms with E-state index in [2.05, 4.69) is 5.32 Å². The Labute approximate surface area is 161 Å². The second-order valence-corrected chi connectivity index (χ2v) is 6.99. The summed E-state index contributed by atoms with van der Waals surface area (Å²) in [6.45, 7) is 3.39. The normalized spacial score (nSPS) is 16.0. The van der Waals surface area contributed by atoms with E-state index in [0.29, 0.717) is 11.0 Å². The molecule has 1 heterocycles. The lowest BCUT2D eigenvalue weighted by Crippen LogP contribution is -2.29. The maximum absolute atomic E-state index is 13.2. The molecule has 3 rings (SSSR count). The van der Waals surface area contributed by atoms with E-state index in [0.717, 1.165) is 0 Å². The van der Waals surface area contributed by atoms with Crippen molar-refractivity contribution in [2.75, 3.05) is 5.32 Å². The minimum absolute atomic E-state index is 0.000337. The summed E-state index contributed by atoms with van der Waals surface area (Å²) in [6, 6.07) is 4.82. The predicted molar refractivity (Wildman–Crippen MR) is 92.6 cm³/mol. The summed E-state index contributed by atoms with van der Waals surface area (Å²) >= 11 is 0. The molecule has 0 bridgehead atoms. The lowest BCUT2D eigenvalue weighted by molar-refractivity contribution is -0.141. The van der Waals surface area contributed by atoms with Gasteiger partial charge in [-0.2, -0.15) is 26.3 Å². The molecule has 2 aromatic carbocycles. The first kappa shape index (κ1) is 21.2. The molecule has 0 saturated heterocycles. The van der Waals surface area contributed by atoms with Crippen LogP contribution in [-0.4, -0.2) is 18.0 Å². The van der Waals surface area contributed by atoms with Crippen LogP contribution in [0.5, 0.6) is 0 Å². The Morgan fingerprint density at radius 3 is 2.28 bits per heavy atom. The van der Waals surface area contributed by atoms with E-state index >= 15 is 0 Å². The SMILES string of the molecule is CC1(C)OB(O)c2cc(NC(=O)c3cc(C(F)(F)F)ccc3C(F)(F)F)ccc21. The monoisotopic (exact) mass is 417 g/mol. The summed E-state index contributed by atoms with van der Waals surface area (Å²) in [5.41, 5.74) is -3.94. The van der Waals surface area contributed by atoms with Crippen LogP contribution in [0.1, 0.15) is 40.9 Å². The third kappa shape index (κ3) is 4.11. The number of alkyl halides is 6. The molecule has 2 N–H and O–H groups in total. The van der Waals surface area contributed by atoms with Crippen molar-refractivity contribution in [3.05, 3.63) is 58.7 Å². The molecule has 0 saturated carbocycles. The number of hydrogen-bond acceptors (Lipinski definition) is 3. The quantitative estimate of drug-likeness (QED) is 0.576. The van der Waals surface area contributed by atoms with E-state index in [1.54, 1.807) is 13.8 Å². The van der Waals surface area contributed by atoms with Crippen LogP contribution < -0.4 is 10.8 Å². The number of hydrogen-bond donors (Lipinski definition) is 2. The molecule has 154 valence electrons. The third-order valence-corrected chi connectivity index (χ3v) is 4.53. The third-order valence-electron chi connectivity index (χ3n) is 4.53. The molecule has 0 aromatic heterocycles. The molecule has 0 atom stereocenters. The summed E-state index contributed by atoms with van der Waals surface area (Å²) in [4.78, 5) is 12.4. The van der Waals surface area contributed by atoms with Gasteiger partial charge in [0.1, 0.15) is 0 Å². The van der Waals surface area contributed by atoms with Crippen molar-refractivity contribution < 1.29 is 40.8 Å². The summed E-state index contributed by atoms with van der Waals surface area (Å²) in [6.07, 6.45) is -9.94. The number of fused-ring (bicyclic) bond motifs is 1. The van der Waals surface area contributed by atoms with Crippen LogP contribution in [0.15, 0.2) is 36.4 Å². The van der Waals surface area contributed by atoms with Gasteiger partial charge in [0.2, 0.25) is 0 Å². The fraction of sp³-hybridized carbons (Fsp3) is 0.278. The standard InChI is InChI=1S/C18H14BF6NO3/c1-16(2)13-6-4-10(8-14(13)19(28)29-16)26-15(27)11-7-9(17(20,21)22)3-5-12(11)18(23,24)25/h3-8,28H,1-2H3,(H,26,27). The van der Waals surface area contributed by atoms with Crippen LogP contribution >= 0.6 is 0 Å². The van der Waals surface area contributed by atoms with Gasteiger partial charge in [0.15, 0.2) is 0 Å². The number of halogens is 6. The number of nitrogens with one attached hydrogen (secondary N) is 1. The Balaban J connectivity index is 1.98. The highest BCUT2D eigenvalue weighted by Gasteiger charge is 2.41. The van der Waals surface area contributed by atoms with Crippen molar-refractivity contribution in [1.82, 2.24) is 0 Å². The molecular formula is C18H14BF6NO3. The Bertz CT molecular complexity index is 971. The molecule has 1 aliphatic heterocycles. The van der Waals surface area contributed by atoms with Crippen molar-refractivity contribution in [1.29, 1.82) is 0 Å². The molecule has 4 nitrogen and oxygen atoms in total. The Hall–Kier alpha value is -2.53. The number of benzene rings is 2. The first-order chi connectivity index (χ1) is 13.2. The molecule has 0 aliphatic carbocycles. The predicted octanol–water partition coefficient (Wildman–Crippen LogP) is 3.93. The number of rotatable bonds is 2. The van der Waals surface area contributed by atoms with Crippen molar-refractivity contribution in [2.24, 2.45) is 0 Å². The maximum Gasteiger partial charge on any atom is 0.492 e. The fourth-order valence-electron chi connectivity index (χ4n) is 3.15. The van der Waals surface area contributed by atoms with E-state index < -0.39 is 47.7 Å². The minimum Gasteiger partial charge on any atom is -0.423 e. The molecule has 29 heavy (non-hydrogen) atoms. The van der Waals surface area contributed by atoms with Gasteiger partial charge in [0.25, 0.3) is 5.91 Å². The van der Waals surface area contributed by atoms with Crippen LogP contribution in [-0.2, 0) is 22.6 Å². The molecule has 11 heteroatoms. The molecule has 0 fully saturated rings. The fourth-order valence-corrected chi connectivity index (χ4v) is 3.15. The Morgan fingerprint density at radius 2 is 1.69 bits per heavy atom. The largest absolute Gasteiger partial charge is 0.492 e. The lowest BCUT2D eigenvalue weighted by Gasteiger charge is -2.19. The lowest BCUT2D eigenvalue weighted by atomic mass is 9.78. The van der Waals surface area contributed by atoms with Crippen molar-refractivity contribution in [3.8, 4) is 0 Å². The zero-order valence-corrected chi connectivity index (χ0v) is 15.1. The molecule has 1 aliphatic rings. The number of carbonyl (C=O) groups excluding carboxylic acids is 1. The first-order valence-electron chi connectivity index (χ1n) is 8.30. The van der Waals surface area contributed by atoms with E-state index in [9.17, 15) is 36.2 Å². The molecule has 2 aromatic rings. The summed E-state index contributed by atoms with van der Waals surface area (Å²) in [5, 5.41) is 12.1. The van der Waals surface area contributed by atoms with Crippen molar-refractivity contribution in [3.63, 3.8) is 0 Å². The van der Waals surface area contributed by atoms with E-state index in [1.165, 1.54) is 18.2 Å². The van der Waals surface area contributed by atoms with Gasteiger partial charge >= 0.3 is 19.5 Å². The van der Waals surface area contributed by atoms with Crippen molar-refractivity contribution in [2.45, 2.75) is 31.8 Å². The van der Waals surface area contributed by atoms with E-state index in [4.69, 9.17) is 4.65 Å². The van der Waals surface area contributed by atoms with Crippen molar-refractivity contribution >= 4 is 24.2 Å². The average Bonchev–Trinajstić information content (AvgIpc) is 2.81. The second-order valence-electron chi connectivity index (χ2n) is 6.99. The Morgan fingerprint density at radius 1 is 1.03 bits per heavy atom. The average molecular weight is 417 g/mol. The van der Waals surface area contributed by atoms with Crippen LogP contribution in [0.25, 0.3) is 0 Å². The molecule has 0 unspecified atom stereocenters. The first-order valence-corrected chi connectivity index (χ1v) is 8.30. The maximum atomic E-state index is 13.2. The summed E-state index contributed by atoms with van der Waals surface area (Å²) in [5.74, 6) is -1.36. The zero-order valence-electron chi connectivity index (χ0n) is 15.1. The van der Waals surface area contributed by atoms with Gasteiger partial charge in [-0.25, -0.2) is 0 Å².